The first-order valence-electron chi connectivity index (χ1n) is 6.60. The molecule has 1 aromatic carbocycles. The number of rotatable bonds is 5. The van der Waals surface area contributed by atoms with Gasteiger partial charge in [0, 0.05) is 12.6 Å². The summed E-state index contributed by atoms with van der Waals surface area (Å²) in [6.45, 7) is 0.834. The van der Waals surface area contributed by atoms with Gasteiger partial charge in [-0.1, -0.05) is 25.0 Å². The average Bonchev–Trinajstić information content (AvgIpc) is 2.87. The highest BCUT2D eigenvalue weighted by molar-refractivity contribution is 5.35. The van der Waals surface area contributed by atoms with Crippen molar-refractivity contribution < 1.29 is 17.9 Å². The van der Waals surface area contributed by atoms with E-state index in [0.717, 1.165) is 18.9 Å². The third-order valence-electron chi connectivity index (χ3n) is 3.34. The van der Waals surface area contributed by atoms with Crippen LogP contribution in [-0.2, 0) is 6.18 Å². The van der Waals surface area contributed by atoms with E-state index in [-0.39, 0.29) is 12.4 Å². The monoisotopic (exact) mass is 273 g/mol. The molecule has 1 aliphatic rings. The molecule has 1 N–H and O–H groups in total. The second-order valence-corrected chi connectivity index (χ2v) is 4.78. The highest BCUT2D eigenvalue weighted by Crippen LogP contribution is 2.35. The van der Waals surface area contributed by atoms with Crippen molar-refractivity contribution in [2.75, 3.05) is 13.2 Å². The standard InChI is InChI=1S/C14H18F3NO/c15-14(16,17)12-7-3-4-8-13(12)19-10-9-18-11-5-1-2-6-11/h3-4,7-8,11,18H,1-2,5-6,9-10H2. The van der Waals surface area contributed by atoms with E-state index in [1.54, 1.807) is 6.07 Å². The zero-order chi connectivity index (χ0) is 13.7. The Hall–Kier alpha value is -1.23. The molecule has 0 spiro atoms. The minimum atomic E-state index is -4.37. The summed E-state index contributed by atoms with van der Waals surface area (Å²) in [5.41, 5.74) is -0.712. The first-order valence-corrected chi connectivity index (χ1v) is 6.60. The third kappa shape index (κ3) is 4.13. The second-order valence-electron chi connectivity index (χ2n) is 4.78. The van der Waals surface area contributed by atoms with Crippen LogP contribution in [0, 0.1) is 0 Å². The van der Waals surface area contributed by atoms with Crippen molar-refractivity contribution in [1.29, 1.82) is 0 Å². The van der Waals surface area contributed by atoms with Crippen LogP contribution < -0.4 is 10.1 Å². The lowest BCUT2D eigenvalue weighted by molar-refractivity contribution is -0.138. The van der Waals surface area contributed by atoms with Crippen molar-refractivity contribution in [1.82, 2.24) is 5.32 Å². The van der Waals surface area contributed by atoms with Crippen molar-refractivity contribution in [3.8, 4) is 5.75 Å². The molecule has 1 saturated carbocycles. The molecule has 0 saturated heterocycles. The van der Waals surface area contributed by atoms with Crippen LogP contribution in [-0.4, -0.2) is 19.2 Å². The molecule has 1 aliphatic carbocycles. The van der Waals surface area contributed by atoms with E-state index in [4.69, 9.17) is 4.74 Å². The third-order valence-corrected chi connectivity index (χ3v) is 3.34. The molecule has 0 radical (unpaired) electrons. The molecular formula is C14H18F3NO. The van der Waals surface area contributed by atoms with Gasteiger partial charge in [0.25, 0.3) is 0 Å². The zero-order valence-corrected chi connectivity index (χ0v) is 10.7. The Morgan fingerprint density at radius 1 is 1.16 bits per heavy atom. The molecule has 1 fully saturated rings. The van der Waals surface area contributed by atoms with E-state index in [1.807, 2.05) is 0 Å². The van der Waals surface area contributed by atoms with Crippen LogP contribution >= 0.6 is 0 Å². The molecule has 0 amide bonds. The molecule has 0 heterocycles. The van der Waals surface area contributed by atoms with Gasteiger partial charge in [-0.15, -0.1) is 0 Å². The van der Waals surface area contributed by atoms with Gasteiger partial charge in [0.2, 0.25) is 0 Å². The normalized spacial score (nSPS) is 16.8. The smallest absolute Gasteiger partial charge is 0.419 e. The fourth-order valence-corrected chi connectivity index (χ4v) is 2.38. The van der Waals surface area contributed by atoms with Crippen molar-refractivity contribution in [2.45, 2.75) is 37.9 Å². The first-order chi connectivity index (χ1) is 9.07. The molecular weight excluding hydrogens is 255 g/mol. The lowest BCUT2D eigenvalue weighted by Crippen LogP contribution is -2.30. The highest BCUT2D eigenvalue weighted by atomic mass is 19.4. The van der Waals surface area contributed by atoms with Gasteiger partial charge in [-0.25, -0.2) is 0 Å². The zero-order valence-electron chi connectivity index (χ0n) is 10.7. The molecule has 19 heavy (non-hydrogen) atoms. The fraction of sp³-hybridized carbons (Fsp3) is 0.571. The van der Waals surface area contributed by atoms with Crippen LogP contribution in [0.25, 0.3) is 0 Å². The van der Waals surface area contributed by atoms with Gasteiger partial charge < -0.3 is 10.1 Å². The molecule has 2 nitrogen and oxygen atoms in total. The Balaban J connectivity index is 1.82. The summed E-state index contributed by atoms with van der Waals surface area (Å²) in [5.74, 6) is -0.0942. The first kappa shape index (κ1) is 14.2. The average molecular weight is 273 g/mol. The maximum absolute atomic E-state index is 12.7. The molecule has 1 aromatic rings. The number of ether oxygens (including phenoxy) is 1. The van der Waals surface area contributed by atoms with Gasteiger partial charge in [-0.2, -0.15) is 13.2 Å². The molecule has 0 unspecified atom stereocenters. The molecule has 2 rings (SSSR count). The number of benzene rings is 1. The Kier molecular flexibility index (Phi) is 4.69. The van der Waals surface area contributed by atoms with E-state index >= 15 is 0 Å². The molecule has 106 valence electrons. The van der Waals surface area contributed by atoms with E-state index < -0.39 is 11.7 Å². The quantitative estimate of drug-likeness (QED) is 0.827. The van der Waals surface area contributed by atoms with Gasteiger partial charge >= 0.3 is 6.18 Å². The molecule has 5 heteroatoms. The predicted molar refractivity (Wildman–Crippen MR) is 67.2 cm³/mol. The Bertz CT molecular complexity index is 400. The number of nitrogens with one attached hydrogen (secondary N) is 1. The Morgan fingerprint density at radius 2 is 1.84 bits per heavy atom. The number of hydrogen-bond acceptors (Lipinski definition) is 2. The fourth-order valence-electron chi connectivity index (χ4n) is 2.38. The maximum Gasteiger partial charge on any atom is 0.419 e. The Morgan fingerprint density at radius 3 is 2.53 bits per heavy atom. The van der Waals surface area contributed by atoms with Gasteiger partial charge in [-0.05, 0) is 25.0 Å². The Labute approximate surface area is 111 Å². The number of halogens is 3. The van der Waals surface area contributed by atoms with E-state index in [9.17, 15) is 13.2 Å². The lowest BCUT2D eigenvalue weighted by atomic mass is 10.2. The summed E-state index contributed by atoms with van der Waals surface area (Å²) >= 11 is 0. The van der Waals surface area contributed by atoms with E-state index in [1.165, 1.54) is 25.0 Å². The topological polar surface area (TPSA) is 21.3 Å². The summed E-state index contributed by atoms with van der Waals surface area (Å²) in [7, 11) is 0. The molecule has 0 aromatic heterocycles. The second kappa shape index (κ2) is 6.28. The van der Waals surface area contributed by atoms with Crippen LogP contribution in [0.15, 0.2) is 24.3 Å². The highest BCUT2D eigenvalue weighted by Gasteiger charge is 2.33. The van der Waals surface area contributed by atoms with E-state index in [0.29, 0.717) is 12.6 Å². The summed E-state index contributed by atoms with van der Waals surface area (Å²) < 4.78 is 43.4. The molecule has 0 aliphatic heterocycles. The van der Waals surface area contributed by atoms with Crippen molar-refractivity contribution in [3.63, 3.8) is 0 Å². The van der Waals surface area contributed by atoms with Gasteiger partial charge in [0.1, 0.15) is 12.4 Å². The van der Waals surface area contributed by atoms with Crippen LogP contribution in [0.1, 0.15) is 31.2 Å². The summed E-state index contributed by atoms with van der Waals surface area (Å²) in [6.07, 6.45) is 0.401. The van der Waals surface area contributed by atoms with Gasteiger partial charge in [0.05, 0.1) is 5.56 Å². The molecule has 0 atom stereocenters. The largest absolute Gasteiger partial charge is 0.492 e. The van der Waals surface area contributed by atoms with Crippen LogP contribution in [0.3, 0.4) is 0 Å². The summed E-state index contributed by atoms with van der Waals surface area (Å²) in [6, 6.07) is 5.82. The van der Waals surface area contributed by atoms with Gasteiger partial charge in [-0.3, -0.25) is 0 Å². The number of hydrogen-bond donors (Lipinski definition) is 1. The van der Waals surface area contributed by atoms with Crippen LogP contribution in [0.5, 0.6) is 5.75 Å². The minimum absolute atomic E-state index is 0.0942. The van der Waals surface area contributed by atoms with Crippen LogP contribution in [0.2, 0.25) is 0 Å². The predicted octanol–water partition coefficient (Wildman–Crippen LogP) is 3.62. The van der Waals surface area contributed by atoms with E-state index in [2.05, 4.69) is 5.32 Å². The summed E-state index contributed by atoms with van der Waals surface area (Å²) in [5, 5.41) is 3.30. The summed E-state index contributed by atoms with van der Waals surface area (Å²) in [4.78, 5) is 0. The number of alkyl halides is 3. The van der Waals surface area contributed by atoms with Gasteiger partial charge in [0.15, 0.2) is 0 Å². The minimum Gasteiger partial charge on any atom is -0.492 e. The number of para-hydroxylation sites is 1. The van der Waals surface area contributed by atoms with Crippen molar-refractivity contribution in [3.05, 3.63) is 29.8 Å². The maximum atomic E-state index is 12.7. The van der Waals surface area contributed by atoms with Crippen molar-refractivity contribution in [2.24, 2.45) is 0 Å². The van der Waals surface area contributed by atoms with Crippen molar-refractivity contribution >= 4 is 0 Å². The van der Waals surface area contributed by atoms with Crippen LogP contribution in [0.4, 0.5) is 13.2 Å². The SMILES string of the molecule is FC(F)(F)c1ccccc1OCCNC1CCCC1. The molecule has 0 bridgehead atoms. The lowest BCUT2D eigenvalue weighted by Gasteiger charge is -2.15.